The summed E-state index contributed by atoms with van der Waals surface area (Å²) in [6, 6.07) is 6.11. The summed E-state index contributed by atoms with van der Waals surface area (Å²) < 4.78 is 1.59. The van der Waals surface area contributed by atoms with Crippen LogP contribution in [-0.4, -0.2) is 51.0 Å². The van der Waals surface area contributed by atoms with Crippen molar-refractivity contribution in [1.82, 2.24) is 29.8 Å². The minimum absolute atomic E-state index is 0.119. The zero-order chi connectivity index (χ0) is 17.3. The third kappa shape index (κ3) is 3.29. The molecule has 0 bridgehead atoms. The second-order valence-corrected chi connectivity index (χ2v) is 6.87. The molecule has 1 unspecified atom stereocenters. The van der Waals surface area contributed by atoms with Crippen LogP contribution in [-0.2, 0) is 0 Å². The predicted molar refractivity (Wildman–Crippen MR) is 93.3 cm³/mol. The maximum absolute atomic E-state index is 12.4. The predicted octanol–water partition coefficient (Wildman–Crippen LogP) is 1.84. The van der Waals surface area contributed by atoms with Gasteiger partial charge in [0.15, 0.2) is 0 Å². The average Bonchev–Trinajstić information content (AvgIpc) is 3.16. The second-order valence-electron chi connectivity index (χ2n) is 5.89. The molecule has 8 heteroatoms. The van der Waals surface area contributed by atoms with E-state index in [0.717, 1.165) is 11.4 Å². The highest BCUT2D eigenvalue weighted by Gasteiger charge is 2.19. The van der Waals surface area contributed by atoms with Gasteiger partial charge in [0.25, 0.3) is 11.7 Å². The van der Waals surface area contributed by atoms with Gasteiger partial charge in [-0.15, -0.1) is 16.4 Å². The number of amides is 1. The summed E-state index contributed by atoms with van der Waals surface area (Å²) in [5.74, 6) is 0.293. The van der Waals surface area contributed by atoms with Gasteiger partial charge in [-0.25, -0.2) is 9.50 Å². The molecule has 3 aromatic rings. The molecule has 0 aliphatic carbocycles. The van der Waals surface area contributed by atoms with Crippen LogP contribution in [0.2, 0.25) is 0 Å². The summed E-state index contributed by atoms with van der Waals surface area (Å²) >= 11 is 1.68. The summed E-state index contributed by atoms with van der Waals surface area (Å²) in [6.07, 6.45) is 0. The molecule has 0 aromatic carbocycles. The van der Waals surface area contributed by atoms with E-state index < -0.39 is 0 Å². The lowest BCUT2D eigenvalue weighted by atomic mass is 10.2. The van der Waals surface area contributed by atoms with Crippen molar-refractivity contribution in [3.8, 4) is 0 Å². The number of nitrogens with one attached hydrogen (secondary N) is 1. The van der Waals surface area contributed by atoms with Gasteiger partial charge < -0.3 is 10.2 Å². The minimum atomic E-state index is -0.291. The van der Waals surface area contributed by atoms with Crippen LogP contribution >= 0.6 is 11.3 Å². The summed E-state index contributed by atoms with van der Waals surface area (Å²) in [5, 5.41) is 9.22. The number of aromatic nitrogens is 4. The Bertz CT molecular complexity index is 855. The molecule has 7 nitrogen and oxygen atoms in total. The normalized spacial score (nSPS) is 12.7. The molecule has 3 rings (SSSR count). The molecule has 24 heavy (non-hydrogen) atoms. The van der Waals surface area contributed by atoms with Gasteiger partial charge in [-0.05, 0) is 45.5 Å². The number of aryl methyl sites for hydroxylation is 2. The Labute approximate surface area is 144 Å². The molecule has 0 spiro atoms. The number of likely N-dealkylation sites (N-methyl/N-ethyl adjacent to an activating group) is 1. The Hall–Kier alpha value is -2.32. The van der Waals surface area contributed by atoms with Crippen LogP contribution in [0.4, 0.5) is 0 Å². The van der Waals surface area contributed by atoms with E-state index in [1.807, 2.05) is 45.5 Å². The van der Waals surface area contributed by atoms with Gasteiger partial charge in [-0.3, -0.25) is 4.79 Å². The van der Waals surface area contributed by atoms with Crippen LogP contribution in [0, 0.1) is 13.8 Å². The minimum Gasteiger partial charge on any atom is -0.347 e. The fourth-order valence-corrected chi connectivity index (χ4v) is 3.47. The van der Waals surface area contributed by atoms with Crippen LogP contribution in [0.25, 0.3) is 5.78 Å². The number of nitrogens with zero attached hydrogens (tertiary/aromatic N) is 5. The molecule has 0 fully saturated rings. The lowest BCUT2D eigenvalue weighted by molar-refractivity contribution is 0.0932. The van der Waals surface area contributed by atoms with E-state index in [1.165, 1.54) is 4.88 Å². The average molecular weight is 344 g/mol. The van der Waals surface area contributed by atoms with E-state index in [1.54, 1.807) is 15.9 Å². The van der Waals surface area contributed by atoms with Crippen LogP contribution in [0.15, 0.2) is 23.6 Å². The van der Waals surface area contributed by atoms with Gasteiger partial charge in [0, 0.05) is 22.8 Å². The van der Waals surface area contributed by atoms with Crippen LogP contribution < -0.4 is 5.32 Å². The summed E-state index contributed by atoms with van der Waals surface area (Å²) in [4.78, 5) is 24.2. The number of hydrogen-bond donors (Lipinski definition) is 1. The van der Waals surface area contributed by atoms with Gasteiger partial charge >= 0.3 is 0 Å². The zero-order valence-electron chi connectivity index (χ0n) is 14.1. The molecular weight excluding hydrogens is 324 g/mol. The number of carbonyl (C=O) groups is 1. The highest BCUT2D eigenvalue weighted by Crippen LogP contribution is 2.22. The molecule has 0 radical (unpaired) electrons. The smallest absolute Gasteiger partial charge is 0.291 e. The monoisotopic (exact) mass is 344 g/mol. The van der Waals surface area contributed by atoms with Crippen LogP contribution in [0.1, 0.15) is 32.9 Å². The number of hydrogen-bond acceptors (Lipinski definition) is 6. The molecule has 0 saturated heterocycles. The first-order valence-corrected chi connectivity index (χ1v) is 8.52. The maximum atomic E-state index is 12.4. The summed E-state index contributed by atoms with van der Waals surface area (Å²) in [7, 11) is 3.99. The van der Waals surface area contributed by atoms with Gasteiger partial charge in [-0.1, -0.05) is 6.07 Å². The molecular formula is C16H20N6OS. The Balaban J connectivity index is 1.76. The highest BCUT2D eigenvalue weighted by atomic mass is 32.1. The third-order valence-electron chi connectivity index (χ3n) is 3.77. The van der Waals surface area contributed by atoms with Crippen molar-refractivity contribution < 1.29 is 4.79 Å². The topological polar surface area (TPSA) is 75.4 Å². The molecule has 1 N–H and O–H groups in total. The molecule has 1 amide bonds. The van der Waals surface area contributed by atoms with Gasteiger partial charge in [0.05, 0.1) is 6.04 Å². The Morgan fingerprint density at radius 2 is 2.17 bits per heavy atom. The van der Waals surface area contributed by atoms with Crippen molar-refractivity contribution in [2.45, 2.75) is 19.9 Å². The van der Waals surface area contributed by atoms with Crippen molar-refractivity contribution in [2.24, 2.45) is 0 Å². The first kappa shape index (κ1) is 16.5. The fourth-order valence-electron chi connectivity index (χ4n) is 2.55. The van der Waals surface area contributed by atoms with Crippen LogP contribution in [0.3, 0.4) is 0 Å². The van der Waals surface area contributed by atoms with Crippen molar-refractivity contribution in [3.05, 3.63) is 45.7 Å². The van der Waals surface area contributed by atoms with E-state index in [0.29, 0.717) is 12.3 Å². The first-order valence-electron chi connectivity index (χ1n) is 7.64. The SMILES string of the molecule is Cc1cc(C)n2nc(C(=O)NCC(c3cccs3)N(C)C)nc2n1. The van der Waals surface area contributed by atoms with Crippen molar-refractivity contribution in [2.75, 3.05) is 20.6 Å². The fraction of sp³-hybridized carbons (Fsp3) is 0.375. The lowest BCUT2D eigenvalue weighted by Crippen LogP contribution is -2.34. The Morgan fingerprint density at radius 3 is 2.83 bits per heavy atom. The van der Waals surface area contributed by atoms with E-state index in [2.05, 4.69) is 31.3 Å². The largest absolute Gasteiger partial charge is 0.347 e. The first-order chi connectivity index (χ1) is 11.5. The van der Waals surface area contributed by atoms with E-state index >= 15 is 0 Å². The van der Waals surface area contributed by atoms with E-state index in [9.17, 15) is 4.79 Å². The van der Waals surface area contributed by atoms with E-state index in [-0.39, 0.29) is 17.8 Å². The second kappa shape index (κ2) is 6.66. The molecule has 0 aliphatic heterocycles. The molecule has 1 atom stereocenters. The number of thiophene rings is 1. The Kier molecular flexibility index (Phi) is 4.59. The highest BCUT2D eigenvalue weighted by molar-refractivity contribution is 7.10. The standard InChI is InChI=1S/C16H20N6OS/c1-10-8-11(2)22-16(18-10)19-14(20-22)15(23)17-9-12(21(3)4)13-6-5-7-24-13/h5-8,12H,9H2,1-4H3,(H,17,23). The quantitative estimate of drug-likeness (QED) is 0.764. The van der Waals surface area contributed by atoms with Gasteiger partial charge in [0.2, 0.25) is 5.82 Å². The van der Waals surface area contributed by atoms with Crippen molar-refractivity contribution in [3.63, 3.8) is 0 Å². The van der Waals surface area contributed by atoms with Gasteiger partial charge in [-0.2, -0.15) is 4.98 Å². The van der Waals surface area contributed by atoms with Crippen molar-refractivity contribution >= 4 is 23.0 Å². The zero-order valence-corrected chi connectivity index (χ0v) is 15.0. The molecule has 3 heterocycles. The molecule has 126 valence electrons. The number of rotatable bonds is 5. The summed E-state index contributed by atoms with van der Waals surface area (Å²) in [6.45, 7) is 4.30. The Morgan fingerprint density at radius 1 is 1.38 bits per heavy atom. The maximum Gasteiger partial charge on any atom is 0.291 e. The van der Waals surface area contributed by atoms with Gasteiger partial charge in [0.1, 0.15) is 0 Å². The molecule has 0 aliphatic rings. The van der Waals surface area contributed by atoms with E-state index in [4.69, 9.17) is 0 Å². The summed E-state index contributed by atoms with van der Waals surface area (Å²) in [5.41, 5.74) is 1.75. The molecule has 3 aromatic heterocycles. The van der Waals surface area contributed by atoms with Crippen molar-refractivity contribution in [1.29, 1.82) is 0 Å². The lowest BCUT2D eigenvalue weighted by Gasteiger charge is -2.23. The van der Waals surface area contributed by atoms with Crippen LogP contribution in [0.5, 0.6) is 0 Å². The number of fused-ring (bicyclic) bond motifs is 1. The third-order valence-corrected chi connectivity index (χ3v) is 4.75. The number of carbonyl (C=O) groups excluding carboxylic acids is 1. The molecule has 0 saturated carbocycles.